The van der Waals surface area contributed by atoms with Gasteiger partial charge in [0.25, 0.3) is 0 Å². The van der Waals surface area contributed by atoms with Crippen molar-refractivity contribution >= 4 is 15.9 Å². The molecule has 0 unspecified atom stereocenters. The van der Waals surface area contributed by atoms with Gasteiger partial charge in [-0.25, -0.2) is 9.97 Å². The van der Waals surface area contributed by atoms with E-state index in [1.165, 1.54) is 0 Å². The molecule has 17 heavy (non-hydrogen) atoms. The van der Waals surface area contributed by atoms with E-state index in [-0.39, 0.29) is 6.79 Å². The van der Waals surface area contributed by atoms with E-state index in [9.17, 15) is 0 Å². The van der Waals surface area contributed by atoms with Crippen molar-refractivity contribution in [3.8, 4) is 22.8 Å². The van der Waals surface area contributed by atoms with Gasteiger partial charge in [-0.15, -0.1) is 0 Å². The summed E-state index contributed by atoms with van der Waals surface area (Å²) in [7, 11) is 0. The largest absolute Gasteiger partial charge is 0.454 e. The molecule has 0 radical (unpaired) electrons. The van der Waals surface area contributed by atoms with Gasteiger partial charge >= 0.3 is 0 Å². The maximum atomic E-state index is 5.37. The second-order valence-corrected chi connectivity index (χ2v) is 4.44. The van der Waals surface area contributed by atoms with Crippen molar-refractivity contribution in [1.82, 2.24) is 9.97 Å². The molecule has 0 aliphatic carbocycles. The fraction of sp³-hybridized carbons (Fsp3) is 0.167. The molecule has 1 aliphatic rings. The SMILES string of the molecule is Cc1cc2c(cc1-c1ccnc(Br)n1)OCO2. The molecule has 1 aliphatic heterocycles. The Morgan fingerprint density at radius 1 is 1.24 bits per heavy atom. The van der Waals surface area contributed by atoms with Crippen LogP contribution in [0.25, 0.3) is 11.3 Å². The van der Waals surface area contributed by atoms with E-state index in [1.54, 1.807) is 6.20 Å². The monoisotopic (exact) mass is 292 g/mol. The third-order valence-electron chi connectivity index (χ3n) is 2.62. The van der Waals surface area contributed by atoms with Crippen LogP contribution in [-0.4, -0.2) is 16.8 Å². The zero-order valence-electron chi connectivity index (χ0n) is 9.11. The van der Waals surface area contributed by atoms with Gasteiger partial charge in [0.1, 0.15) is 0 Å². The number of hydrogen-bond acceptors (Lipinski definition) is 4. The first-order chi connectivity index (χ1) is 8.24. The first-order valence-corrected chi connectivity index (χ1v) is 5.92. The van der Waals surface area contributed by atoms with Crippen LogP contribution in [0.3, 0.4) is 0 Å². The van der Waals surface area contributed by atoms with E-state index < -0.39 is 0 Å². The number of aryl methyl sites for hydroxylation is 1. The topological polar surface area (TPSA) is 44.2 Å². The minimum absolute atomic E-state index is 0.283. The Balaban J connectivity index is 2.15. The van der Waals surface area contributed by atoms with Crippen LogP contribution in [0.15, 0.2) is 29.1 Å². The van der Waals surface area contributed by atoms with Crippen LogP contribution in [-0.2, 0) is 0 Å². The lowest BCUT2D eigenvalue weighted by atomic mass is 10.0. The third kappa shape index (κ3) is 1.86. The van der Waals surface area contributed by atoms with E-state index in [1.807, 2.05) is 25.1 Å². The molecular weight excluding hydrogens is 284 g/mol. The number of halogens is 1. The van der Waals surface area contributed by atoms with Gasteiger partial charge in [-0.05, 0) is 46.6 Å². The number of fused-ring (bicyclic) bond motifs is 1. The summed E-state index contributed by atoms with van der Waals surface area (Å²) in [6.45, 7) is 2.30. The molecule has 0 amide bonds. The lowest BCUT2D eigenvalue weighted by molar-refractivity contribution is 0.174. The lowest BCUT2D eigenvalue weighted by Crippen LogP contribution is -1.92. The maximum Gasteiger partial charge on any atom is 0.231 e. The molecule has 1 aromatic carbocycles. The molecule has 0 spiro atoms. The van der Waals surface area contributed by atoms with Crippen molar-refractivity contribution in [1.29, 1.82) is 0 Å². The Kier molecular flexibility index (Phi) is 2.48. The van der Waals surface area contributed by atoms with Crippen molar-refractivity contribution in [3.63, 3.8) is 0 Å². The molecule has 4 nitrogen and oxygen atoms in total. The summed E-state index contributed by atoms with van der Waals surface area (Å²) < 4.78 is 11.3. The van der Waals surface area contributed by atoms with Crippen molar-refractivity contribution < 1.29 is 9.47 Å². The van der Waals surface area contributed by atoms with E-state index in [4.69, 9.17) is 9.47 Å². The van der Waals surface area contributed by atoms with Crippen LogP contribution in [0, 0.1) is 6.92 Å². The van der Waals surface area contributed by atoms with Crippen molar-refractivity contribution in [2.75, 3.05) is 6.79 Å². The van der Waals surface area contributed by atoms with Crippen LogP contribution in [0.4, 0.5) is 0 Å². The lowest BCUT2D eigenvalue weighted by Gasteiger charge is -2.06. The van der Waals surface area contributed by atoms with E-state index >= 15 is 0 Å². The number of ether oxygens (including phenoxy) is 2. The van der Waals surface area contributed by atoms with Gasteiger partial charge in [0.15, 0.2) is 16.2 Å². The van der Waals surface area contributed by atoms with Gasteiger partial charge in [-0.3, -0.25) is 0 Å². The van der Waals surface area contributed by atoms with E-state index in [2.05, 4.69) is 25.9 Å². The summed E-state index contributed by atoms with van der Waals surface area (Å²) in [5, 5.41) is 0. The Morgan fingerprint density at radius 3 is 2.76 bits per heavy atom. The Hall–Kier alpha value is -1.62. The molecule has 2 aromatic rings. The Morgan fingerprint density at radius 2 is 2.00 bits per heavy atom. The van der Waals surface area contributed by atoms with Crippen LogP contribution >= 0.6 is 15.9 Å². The van der Waals surface area contributed by atoms with Crippen LogP contribution < -0.4 is 9.47 Å². The molecule has 0 N–H and O–H groups in total. The van der Waals surface area contributed by atoms with Crippen molar-refractivity contribution in [2.45, 2.75) is 6.92 Å². The van der Waals surface area contributed by atoms with Gasteiger partial charge in [-0.2, -0.15) is 0 Å². The molecule has 0 fully saturated rings. The highest BCUT2D eigenvalue weighted by Crippen LogP contribution is 2.37. The first-order valence-electron chi connectivity index (χ1n) is 5.13. The minimum atomic E-state index is 0.283. The molecule has 0 saturated carbocycles. The van der Waals surface area contributed by atoms with Gasteiger partial charge in [0.2, 0.25) is 6.79 Å². The fourth-order valence-electron chi connectivity index (χ4n) is 1.80. The molecule has 3 rings (SSSR count). The number of benzene rings is 1. The molecule has 1 aromatic heterocycles. The number of aromatic nitrogens is 2. The zero-order chi connectivity index (χ0) is 11.8. The third-order valence-corrected chi connectivity index (χ3v) is 3.00. The quantitative estimate of drug-likeness (QED) is 0.758. The fourth-order valence-corrected chi connectivity index (χ4v) is 2.11. The van der Waals surface area contributed by atoms with Gasteiger partial charge in [0.05, 0.1) is 5.69 Å². The number of nitrogens with zero attached hydrogens (tertiary/aromatic N) is 2. The first kappa shape index (κ1) is 10.5. The summed E-state index contributed by atoms with van der Waals surface area (Å²) in [6.07, 6.45) is 1.72. The summed E-state index contributed by atoms with van der Waals surface area (Å²) >= 11 is 3.27. The van der Waals surface area contributed by atoms with Crippen LogP contribution in [0.5, 0.6) is 11.5 Å². The summed E-state index contributed by atoms with van der Waals surface area (Å²) in [5.74, 6) is 1.56. The molecule has 5 heteroatoms. The second kappa shape index (κ2) is 4.00. The highest BCUT2D eigenvalue weighted by molar-refractivity contribution is 9.10. The molecule has 2 heterocycles. The predicted molar refractivity (Wildman–Crippen MR) is 66.0 cm³/mol. The van der Waals surface area contributed by atoms with Gasteiger partial charge < -0.3 is 9.47 Å². The van der Waals surface area contributed by atoms with Gasteiger partial charge in [0, 0.05) is 11.8 Å². The minimum Gasteiger partial charge on any atom is -0.454 e. The summed E-state index contributed by atoms with van der Waals surface area (Å²) in [4.78, 5) is 8.36. The number of hydrogen-bond donors (Lipinski definition) is 0. The number of rotatable bonds is 1. The molecule has 86 valence electrons. The van der Waals surface area contributed by atoms with Crippen LogP contribution in [0.2, 0.25) is 0 Å². The smallest absolute Gasteiger partial charge is 0.231 e. The predicted octanol–water partition coefficient (Wildman–Crippen LogP) is 2.94. The molecular formula is C12H9BrN2O2. The van der Waals surface area contributed by atoms with Crippen molar-refractivity contribution in [3.05, 3.63) is 34.7 Å². The maximum absolute atomic E-state index is 5.37. The molecule has 0 bridgehead atoms. The van der Waals surface area contributed by atoms with Crippen LogP contribution in [0.1, 0.15) is 5.56 Å². The molecule has 0 atom stereocenters. The van der Waals surface area contributed by atoms with Crippen molar-refractivity contribution in [2.24, 2.45) is 0 Å². The summed E-state index contributed by atoms with van der Waals surface area (Å²) in [6, 6.07) is 5.79. The average Bonchev–Trinajstić information content (AvgIpc) is 2.75. The summed E-state index contributed by atoms with van der Waals surface area (Å²) in [5.41, 5.74) is 2.99. The van der Waals surface area contributed by atoms with E-state index in [0.29, 0.717) is 4.73 Å². The highest BCUT2D eigenvalue weighted by atomic mass is 79.9. The second-order valence-electron chi connectivity index (χ2n) is 3.73. The normalized spacial score (nSPS) is 12.8. The highest BCUT2D eigenvalue weighted by Gasteiger charge is 2.16. The van der Waals surface area contributed by atoms with Gasteiger partial charge in [-0.1, -0.05) is 0 Å². The standard InChI is InChI=1S/C12H9BrN2O2/c1-7-4-10-11(17-6-16-10)5-8(7)9-2-3-14-12(13)15-9/h2-5H,6H2,1H3. The Bertz CT molecular complexity index is 587. The molecule has 0 saturated heterocycles. The van der Waals surface area contributed by atoms with E-state index in [0.717, 1.165) is 28.3 Å². The Labute approximate surface area is 107 Å². The average molecular weight is 293 g/mol. The zero-order valence-corrected chi connectivity index (χ0v) is 10.7.